The SMILES string of the molecule is CNC(=O)C[C@H]1OC(n2cnc3c(NCc4ccccc4)ncnc32)[C@@H](O)[C@H]1O. The number of anilines is 1. The second-order valence-corrected chi connectivity index (χ2v) is 6.81. The molecule has 3 heterocycles. The van der Waals surface area contributed by atoms with Gasteiger partial charge in [-0.15, -0.1) is 0 Å². The molecule has 1 fully saturated rings. The standard InChI is InChI=1S/C19H22N6O4/c1-20-13(26)7-12-15(27)16(28)19(29-12)25-10-24-14-17(22-9-23-18(14)25)21-8-11-5-3-2-4-6-11/h2-6,9-10,12,15-16,19,27-28H,7-8H2,1H3,(H,20,26)(H,21,22,23)/t12-,15+,16+,19?/m1/s1. The Balaban J connectivity index is 1.57. The van der Waals surface area contributed by atoms with Crippen LogP contribution in [0.1, 0.15) is 18.2 Å². The number of fused-ring (bicyclic) bond motifs is 1. The molecule has 1 aliphatic heterocycles. The number of aromatic nitrogens is 4. The van der Waals surface area contributed by atoms with Crippen LogP contribution in [-0.2, 0) is 16.1 Å². The molecule has 3 aromatic rings. The van der Waals surface area contributed by atoms with Crippen LogP contribution >= 0.6 is 0 Å². The van der Waals surface area contributed by atoms with Crippen LogP contribution in [-0.4, -0.2) is 61.0 Å². The maximum Gasteiger partial charge on any atom is 0.222 e. The molecule has 1 aliphatic rings. The van der Waals surface area contributed by atoms with Gasteiger partial charge in [0.15, 0.2) is 23.2 Å². The minimum Gasteiger partial charge on any atom is -0.388 e. The first-order valence-corrected chi connectivity index (χ1v) is 9.26. The molecule has 1 aromatic carbocycles. The quantitative estimate of drug-likeness (QED) is 0.462. The van der Waals surface area contributed by atoms with Crippen LogP contribution in [0.15, 0.2) is 43.0 Å². The fraction of sp³-hybridized carbons (Fsp3) is 0.368. The molecule has 152 valence electrons. The molecule has 0 radical (unpaired) electrons. The Morgan fingerprint density at radius 1 is 1.17 bits per heavy atom. The number of imidazole rings is 1. The molecule has 2 aromatic heterocycles. The monoisotopic (exact) mass is 398 g/mol. The summed E-state index contributed by atoms with van der Waals surface area (Å²) in [5, 5.41) is 26.4. The number of rotatable bonds is 6. The van der Waals surface area contributed by atoms with Crippen molar-refractivity contribution in [3.63, 3.8) is 0 Å². The van der Waals surface area contributed by atoms with Gasteiger partial charge in [0.25, 0.3) is 0 Å². The number of ether oxygens (including phenoxy) is 1. The predicted octanol–water partition coefficient (Wildman–Crippen LogP) is 0.194. The average molecular weight is 398 g/mol. The first kappa shape index (κ1) is 19.2. The lowest BCUT2D eigenvalue weighted by molar-refractivity contribution is -0.125. The molecular weight excluding hydrogens is 376 g/mol. The van der Waals surface area contributed by atoms with Crippen molar-refractivity contribution in [2.75, 3.05) is 12.4 Å². The zero-order valence-corrected chi connectivity index (χ0v) is 15.8. The molecule has 0 bridgehead atoms. The molecule has 10 heteroatoms. The van der Waals surface area contributed by atoms with Crippen LogP contribution in [0, 0.1) is 0 Å². The Morgan fingerprint density at radius 2 is 1.97 bits per heavy atom. The maximum absolute atomic E-state index is 11.6. The van der Waals surface area contributed by atoms with Gasteiger partial charge < -0.3 is 25.6 Å². The van der Waals surface area contributed by atoms with Crippen LogP contribution < -0.4 is 10.6 Å². The van der Waals surface area contributed by atoms with Gasteiger partial charge in [0.1, 0.15) is 18.5 Å². The van der Waals surface area contributed by atoms with Crippen LogP contribution in [0.2, 0.25) is 0 Å². The largest absolute Gasteiger partial charge is 0.388 e. The van der Waals surface area contributed by atoms with Gasteiger partial charge in [0.05, 0.1) is 18.9 Å². The zero-order valence-electron chi connectivity index (χ0n) is 15.8. The molecule has 0 spiro atoms. The minimum atomic E-state index is -1.22. The van der Waals surface area contributed by atoms with E-state index in [1.807, 2.05) is 30.3 Å². The van der Waals surface area contributed by atoms with Crippen molar-refractivity contribution in [2.45, 2.75) is 37.5 Å². The molecule has 1 amide bonds. The molecule has 10 nitrogen and oxygen atoms in total. The highest BCUT2D eigenvalue weighted by Crippen LogP contribution is 2.33. The number of benzene rings is 1. The minimum absolute atomic E-state index is 0.0588. The third-order valence-electron chi connectivity index (χ3n) is 4.94. The molecule has 0 aliphatic carbocycles. The van der Waals surface area contributed by atoms with E-state index in [2.05, 4.69) is 25.6 Å². The number of carbonyl (C=O) groups excluding carboxylic acids is 1. The number of hydrogen-bond acceptors (Lipinski definition) is 8. The van der Waals surface area contributed by atoms with E-state index >= 15 is 0 Å². The first-order chi connectivity index (χ1) is 14.1. The molecule has 4 N–H and O–H groups in total. The van der Waals surface area contributed by atoms with Crippen LogP contribution in [0.25, 0.3) is 11.2 Å². The Labute approximate surface area is 166 Å². The van der Waals surface area contributed by atoms with Crippen molar-refractivity contribution in [2.24, 2.45) is 0 Å². The maximum atomic E-state index is 11.6. The second kappa shape index (κ2) is 8.11. The highest BCUT2D eigenvalue weighted by Gasteiger charge is 2.45. The summed E-state index contributed by atoms with van der Waals surface area (Å²) in [5.74, 6) is 0.264. The Hall–Kier alpha value is -3.08. The summed E-state index contributed by atoms with van der Waals surface area (Å²) < 4.78 is 7.31. The smallest absolute Gasteiger partial charge is 0.222 e. The van der Waals surface area contributed by atoms with Crippen molar-refractivity contribution in [1.29, 1.82) is 0 Å². The lowest BCUT2D eigenvalue weighted by Crippen LogP contribution is -2.34. The summed E-state index contributed by atoms with van der Waals surface area (Å²) >= 11 is 0. The van der Waals surface area contributed by atoms with Crippen LogP contribution in [0.3, 0.4) is 0 Å². The van der Waals surface area contributed by atoms with E-state index < -0.39 is 24.5 Å². The summed E-state index contributed by atoms with van der Waals surface area (Å²) in [6.45, 7) is 0.565. The fourth-order valence-electron chi connectivity index (χ4n) is 3.36. The molecule has 4 atom stereocenters. The van der Waals surface area contributed by atoms with Gasteiger partial charge in [-0.25, -0.2) is 15.0 Å². The number of aliphatic hydroxyl groups is 2. The summed E-state index contributed by atoms with van der Waals surface area (Å²) in [7, 11) is 1.50. The second-order valence-electron chi connectivity index (χ2n) is 6.81. The first-order valence-electron chi connectivity index (χ1n) is 9.26. The third kappa shape index (κ3) is 3.77. The Kier molecular flexibility index (Phi) is 5.38. The summed E-state index contributed by atoms with van der Waals surface area (Å²) in [6, 6.07) is 9.87. The van der Waals surface area contributed by atoms with Crippen molar-refractivity contribution in [3.8, 4) is 0 Å². The number of hydrogen-bond donors (Lipinski definition) is 4. The summed E-state index contributed by atoms with van der Waals surface area (Å²) in [6.07, 6.45) is -1.35. The molecule has 1 unspecified atom stereocenters. The molecule has 29 heavy (non-hydrogen) atoms. The van der Waals surface area contributed by atoms with Crippen LogP contribution in [0.5, 0.6) is 0 Å². The number of carbonyl (C=O) groups is 1. The molecular formula is C19H22N6O4. The molecule has 0 saturated carbocycles. The Bertz CT molecular complexity index is 995. The van der Waals surface area contributed by atoms with E-state index in [1.54, 1.807) is 4.57 Å². The highest BCUT2D eigenvalue weighted by molar-refractivity contribution is 5.82. The fourth-order valence-corrected chi connectivity index (χ4v) is 3.36. The Morgan fingerprint density at radius 3 is 2.72 bits per heavy atom. The van der Waals surface area contributed by atoms with Gasteiger partial charge in [-0.05, 0) is 5.56 Å². The van der Waals surface area contributed by atoms with E-state index in [4.69, 9.17) is 4.74 Å². The van der Waals surface area contributed by atoms with Gasteiger partial charge >= 0.3 is 0 Å². The van der Waals surface area contributed by atoms with E-state index in [1.165, 1.54) is 19.7 Å². The number of amides is 1. The van der Waals surface area contributed by atoms with Crippen LogP contribution in [0.4, 0.5) is 5.82 Å². The van der Waals surface area contributed by atoms with E-state index in [0.29, 0.717) is 23.5 Å². The summed E-state index contributed by atoms with van der Waals surface area (Å²) in [5.41, 5.74) is 2.06. The van der Waals surface area contributed by atoms with Crippen molar-refractivity contribution in [3.05, 3.63) is 48.5 Å². The van der Waals surface area contributed by atoms with Gasteiger partial charge in [-0.1, -0.05) is 30.3 Å². The van der Waals surface area contributed by atoms with E-state index in [-0.39, 0.29) is 12.3 Å². The zero-order chi connectivity index (χ0) is 20.4. The molecule has 4 rings (SSSR count). The summed E-state index contributed by atoms with van der Waals surface area (Å²) in [4.78, 5) is 24.5. The van der Waals surface area contributed by atoms with E-state index in [0.717, 1.165) is 5.56 Å². The number of nitrogens with zero attached hydrogens (tertiary/aromatic N) is 4. The van der Waals surface area contributed by atoms with Crippen molar-refractivity contribution in [1.82, 2.24) is 24.8 Å². The van der Waals surface area contributed by atoms with Crippen molar-refractivity contribution < 1.29 is 19.7 Å². The van der Waals surface area contributed by atoms with Gasteiger partial charge in [-0.3, -0.25) is 9.36 Å². The number of nitrogens with one attached hydrogen (secondary N) is 2. The number of aliphatic hydroxyl groups excluding tert-OH is 2. The average Bonchev–Trinajstić information content (AvgIpc) is 3.29. The topological polar surface area (TPSA) is 134 Å². The normalized spacial score (nSPS) is 24.0. The van der Waals surface area contributed by atoms with Crippen molar-refractivity contribution >= 4 is 22.9 Å². The highest BCUT2D eigenvalue weighted by atomic mass is 16.6. The predicted molar refractivity (Wildman–Crippen MR) is 104 cm³/mol. The van der Waals surface area contributed by atoms with Gasteiger partial charge in [0, 0.05) is 13.6 Å². The van der Waals surface area contributed by atoms with Gasteiger partial charge in [-0.2, -0.15) is 0 Å². The third-order valence-corrected chi connectivity index (χ3v) is 4.94. The molecule has 1 saturated heterocycles. The van der Waals surface area contributed by atoms with Gasteiger partial charge in [0.2, 0.25) is 5.91 Å². The lowest BCUT2D eigenvalue weighted by atomic mass is 10.1. The lowest BCUT2D eigenvalue weighted by Gasteiger charge is -2.16. The van der Waals surface area contributed by atoms with E-state index in [9.17, 15) is 15.0 Å².